The summed E-state index contributed by atoms with van der Waals surface area (Å²) in [5.74, 6) is 0.308. The normalized spacial score (nSPS) is 10.5. The second kappa shape index (κ2) is 4.51. The number of aryl methyl sites for hydroxylation is 1. The maximum absolute atomic E-state index is 12.3. The molecule has 0 saturated carbocycles. The summed E-state index contributed by atoms with van der Waals surface area (Å²) >= 11 is 1.36. The fourth-order valence-electron chi connectivity index (χ4n) is 1.82. The summed E-state index contributed by atoms with van der Waals surface area (Å²) in [4.78, 5) is 20.9. The van der Waals surface area contributed by atoms with Crippen LogP contribution >= 0.6 is 23.7 Å². The zero-order valence-corrected chi connectivity index (χ0v) is 11.1. The summed E-state index contributed by atoms with van der Waals surface area (Å²) in [5.41, 5.74) is 6.95. The molecule has 0 aliphatic carbocycles. The van der Waals surface area contributed by atoms with Crippen LogP contribution in [-0.2, 0) is 0 Å². The van der Waals surface area contributed by atoms with Crippen LogP contribution in [0.1, 0.15) is 5.01 Å². The third-order valence-corrected chi connectivity index (χ3v) is 3.54. The zero-order chi connectivity index (χ0) is 12.0. The van der Waals surface area contributed by atoms with E-state index in [9.17, 15) is 4.79 Å². The summed E-state index contributed by atoms with van der Waals surface area (Å²) in [6, 6.07) is 7.20. The van der Waals surface area contributed by atoms with E-state index in [0.717, 1.165) is 5.01 Å². The minimum absolute atomic E-state index is 0. The number of nitrogens with zero attached hydrogens (tertiary/aromatic N) is 2. The number of thiazole rings is 1. The van der Waals surface area contributed by atoms with E-state index in [1.165, 1.54) is 11.3 Å². The van der Waals surface area contributed by atoms with Crippen LogP contribution in [0.4, 0.5) is 5.82 Å². The summed E-state index contributed by atoms with van der Waals surface area (Å²) < 4.78 is 0.578. The topological polar surface area (TPSA) is 68.9 Å². The third-order valence-electron chi connectivity index (χ3n) is 2.57. The van der Waals surface area contributed by atoms with E-state index < -0.39 is 0 Å². The van der Waals surface area contributed by atoms with E-state index >= 15 is 0 Å². The highest BCUT2D eigenvalue weighted by molar-refractivity contribution is 7.18. The highest BCUT2D eigenvalue weighted by Gasteiger charge is 2.10. The molecule has 18 heavy (non-hydrogen) atoms. The number of halogens is 1. The molecular weight excluding hydrogens is 270 g/mol. The SMILES string of the molecule is Cc1nc2c(N)nc3ccccc3c(=O)c2s1.Cl. The summed E-state index contributed by atoms with van der Waals surface area (Å²) in [5, 5.41) is 1.40. The first-order valence-corrected chi connectivity index (χ1v) is 5.94. The van der Waals surface area contributed by atoms with Crippen molar-refractivity contribution in [2.75, 3.05) is 5.73 Å². The van der Waals surface area contributed by atoms with Gasteiger partial charge in [-0.2, -0.15) is 0 Å². The lowest BCUT2D eigenvalue weighted by molar-refractivity contribution is 1.33. The molecule has 2 aromatic heterocycles. The van der Waals surface area contributed by atoms with Gasteiger partial charge in [-0.3, -0.25) is 4.79 Å². The van der Waals surface area contributed by atoms with Crippen molar-refractivity contribution in [1.82, 2.24) is 9.97 Å². The van der Waals surface area contributed by atoms with Crippen LogP contribution in [-0.4, -0.2) is 9.97 Å². The lowest BCUT2D eigenvalue weighted by atomic mass is 10.2. The lowest BCUT2D eigenvalue weighted by Crippen LogP contribution is -1.95. The van der Waals surface area contributed by atoms with Crippen LogP contribution in [0.2, 0.25) is 0 Å². The second-order valence-corrected chi connectivity index (χ2v) is 4.96. The van der Waals surface area contributed by atoms with Gasteiger partial charge in [0, 0.05) is 5.39 Å². The Labute approximate surface area is 113 Å². The maximum atomic E-state index is 12.3. The molecule has 3 rings (SSSR count). The van der Waals surface area contributed by atoms with Crippen LogP contribution in [0.25, 0.3) is 21.1 Å². The molecule has 0 bridgehead atoms. The zero-order valence-electron chi connectivity index (χ0n) is 9.51. The predicted molar refractivity (Wildman–Crippen MR) is 77.6 cm³/mol. The van der Waals surface area contributed by atoms with E-state index in [0.29, 0.717) is 26.9 Å². The van der Waals surface area contributed by atoms with Gasteiger partial charge in [0.1, 0.15) is 10.2 Å². The van der Waals surface area contributed by atoms with Crippen LogP contribution in [0.5, 0.6) is 0 Å². The molecule has 92 valence electrons. The van der Waals surface area contributed by atoms with Crippen molar-refractivity contribution in [1.29, 1.82) is 0 Å². The third kappa shape index (κ3) is 1.81. The number of hydrogen-bond acceptors (Lipinski definition) is 5. The molecule has 0 saturated heterocycles. The minimum Gasteiger partial charge on any atom is -0.382 e. The smallest absolute Gasteiger partial charge is 0.207 e. The molecule has 0 spiro atoms. The number of aromatic nitrogens is 2. The van der Waals surface area contributed by atoms with E-state index in [-0.39, 0.29) is 17.8 Å². The Kier molecular flexibility index (Phi) is 3.19. The first-order chi connectivity index (χ1) is 8.16. The van der Waals surface area contributed by atoms with Crippen molar-refractivity contribution in [3.05, 3.63) is 39.5 Å². The molecule has 2 heterocycles. The Bertz CT molecular complexity index is 800. The minimum atomic E-state index is -0.0506. The first kappa shape index (κ1) is 12.7. The molecule has 0 atom stereocenters. The average molecular weight is 280 g/mol. The molecule has 1 aromatic carbocycles. The van der Waals surface area contributed by atoms with Crippen LogP contribution < -0.4 is 11.2 Å². The molecule has 3 aromatic rings. The van der Waals surface area contributed by atoms with E-state index in [1.807, 2.05) is 19.1 Å². The molecule has 0 aliphatic rings. The van der Waals surface area contributed by atoms with Gasteiger partial charge in [-0.25, -0.2) is 9.97 Å². The van der Waals surface area contributed by atoms with Gasteiger partial charge in [0.2, 0.25) is 5.43 Å². The molecule has 0 fully saturated rings. The van der Waals surface area contributed by atoms with E-state index in [1.54, 1.807) is 12.1 Å². The number of rotatable bonds is 0. The fraction of sp³-hybridized carbons (Fsp3) is 0.0833. The molecule has 2 N–H and O–H groups in total. The van der Waals surface area contributed by atoms with Crippen LogP contribution in [0.15, 0.2) is 29.1 Å². The summed E-state index contributed by atoms with van der Waals surface area (Å²) in [6.45, 7) is 1.85. The molecule has 0 amide bonds. The van der Waals surface area contributed by atoms with Gasteiger partial charge < -0.3 is 5.73 Å². The summed E-state index contributed by atoms with van der Waals surface area (Å²) in [7, 11) is 0. The van der Waals surface area contributed by atoms with Crippen molar-refractivity contribution < 1.29 is 0 Å². The second-order valence-electron chi connectivity index (χ2n) is 3.75. The predicted octanol–water partition coefficient (Wildman–Crippen LogP) is 2.52. The Hall–Kier alpha value is -1.72. The van der Waals surface area contributed by atoms with E-state index in [4.69, 9.17) is 5.73 Å². The number of benzene rings is 1. The van der Waals surface area contributed by atoms with Crippen molar-refractivity contribution in [2.45, 2.75) is 6.92 Å². The Balaban J connectivity index is 0.00000120. The Morgan fingerprint density at radius 3 is 2.72 bits per heavy atom. The van der Waals surface area contributed by atoms with Gasteiger partial charge in [-0.15, -0.1) is 23.7 Å². The lowest BCUT2D eigenvalue weighted by Gasteiger charge is -1.89. The number of nitrogen functional groups attached to an aromatic ring is 1. The van der Waals surface area contributed by atoms with E-state index in [2.05, 4.69) is 9.97 Å². The van der Waals surface area contributed by atoms with Gasteiger partial charge in [0.15, 0.2) is 5.82 Å². The Morgan fingerprint density at radius 1 is 1.22 bits per heavy atom. The first-order valence-electron chi connectivity index (χ1n) is 5.12. The standard InChI is InChI=1S/C12H9N3OS.ClH/c1-6-14-9-11(17-6)10(16)7-4-2-3-5-8(7)15-12(9)13;/h2-5H,1H3,(H2,13,15);1H. The fourth-order valence-corrected chi connectivity index (χ4v) is 2.70. The van der Waals surface area contributed by atoms with Gasteiger partial charge in [0.05, 0.1) is 10.5 Å². The van der Waals surface area contributed by atoms with Crippen molar-refractivity contribution in [3.63, 3.8) is 0 Å². The number of para-hydroxylation sites is 1. The van der Waals surface area contributed by atoms with Crippen molar-refractivity contribution in [3.8, 4) is 0 Å². The molecule has 0 aliphatic heterocycles. The van der Waals surface area contributed by atoms with Crippen LogP contribution in [0, 0.1) is 6.92 Å². The largest absolute Gasteiger partial charge is 0.382 e. The maximum Gasteiger partial charge on any atom is 0.207 e. The number of fused-ring (bicyclic) bond motifs is 2. The van der Waals surface area contributed by atoms with Gasteiger partial charge in [-0.05, 0) is 19.1 Å². The van der Waals surface area contributed by atoms with Gasteiger partial charge in [-0.1, -0.05) is 12.1 Å². The molecular formula is C12H10ClN3OS. The van der Waals surface area contributed by atoms with Crippen LogP contribution in [0.3, 0.4) is 0 Å². The quantitative estimate of drug-likeness (QED) is 0.686. The monoisotopic (exact) mass is 279 g/mol. The molecule has 0 unspecified atom stereocenters. The van der Waals surface area contributed by atoms with Crippen molar-refractivity contribution in [2.24, 2.45) is 0 Å². The average Bonchev–Trinajstić information content (AvgIpc) is 2.67. The number of hydrogen-bond donors (Lipinski definition) is 1. The van der Waals surface area contributed by atoms with Gasteiger partial charge in [0.25, 0.3) is 0 Å². The molecule has 4 nitrogen and oxygen atoms in total. The van der Waals surface area contributed by atoms with Crippen molar-refractivity contribution >= 4 is 50.7 Å². The molecule has 6 heteroatoms. The summed E-state index contributed by atoms with van der Waals surface area (Å²) in [6.07, 6.45) is 0. The highest BCUT2D eigenvalue weighted by atomic mass is 35.5. The number of anilines is 1. The van der Waals surface area contributed by atoms with Gasteiger partial charge >= 0.3 is 0 Å². The highest BCUT2D eigenvalue weighted by Crippen LogP contribution is 2.23. The Morgan fingerprint density at radius 2 is 1.94 bits per heavy atom. The number of nitrogens with two attached hydrogens (primary N) is 1. The molecule has 0 radical (unpaired) electrons.